The van der Waals surface area contributed by atoms with Crippen molar-refractivity contribution in [3.8, 4) is 0 Å². The first-order valence-electron chi connectivity index (χ1n) is 4.54. The Morgan fingerprint density at radius 1 is 1.23 bits per heavy atom. The highest BCUT2D eigenvalue weighted by Crippen LogP contribution is 2.15. The minimum Gasteiger partial charge on any atom is -0.0985 e. The number of allylic oxidation sites excluding steroid dienone is 6. The molecule has 0 fully saturated rings. The molecule has 0 aliphatic carbocycles. The third kappa shape index (κ3) is 6.15. The monoisotopic (exact) mass is 176 g/mol. The summed E-state index contributed by atoms with van der Waals surface area (Å²) in [6.07, 6.45) is 8.10. The van der Waals surface area contributed by atoms with E-state index in [1.807, 2.05) is 19.1 Å². The number of hydrogen-bond acceptors (Lipinski definition) is 0. The average Bonchev–Trinajstić information content (AvgIpc) is 1.95. The topological polar surface area (TPSA) is 0 Å². The van der Waals surface area contributed by atoms with Crippen molar-refractivity contribution in [1.29, 1.82) is 0 Å². The molecule has 0 nitrogen and oxygen atoms in total. The molecule has 0 saturated heterocycles. The molecule has 0 spiro atoms. The SMILES string of the molecule is C=C/C(=C\C=C\C(C)(C)C)C(=C)C. The second-order valence-electron chi connectivity index (χ2n) is 4.33. The predicted octanol–water partition coefficient (Wildman–Crippen LogP) is 4.28. The molecule has 0 N–H and O–H groups in total. The van der Waals surface area contributed by atoms with Gasteiger partial charge in [0.2, 0.25) is 0 Å². The highest BCUT2D eigenvalue weighted by molar-refractivity contribution is 5.38. The van der Waals surface area contributed by atoms with Crippen LogP contribution >= 0.6 is 0 Å². The zero-order valence-corrected chi connectivity index (χ0v) is 9.22. The Bertz CT molecular complexity index is 244. The van der Waals surface area contributed by atoms with Crippen molar-refractivity contribution in [3.63, 3.8) is 0 Å². The molecule has 0 rings (SSSR count). The predicted molar refractivity (Wildman–Crippen MR) is 61.7 cm³/mol. The van der Waals surface area contributed by atoms with Crippen molar-refractivity contribution in [2.45, 2.75) is 27.7 Å². The molecule has 13 heavy (non-hydrogen) atoms. The summed E-state index contributed by atoms with van der Waals surface area (Å²) in [5.74, 6) is 0. The van der Waals surface area contributed by atoms with Crippen molar-refractivity contribution >= 4 is 0 Å². The van der Waals surface area contributed by atoms with E-state index in [9.17, 15) is 0 Å². The number of rotatable bonds is 3. The van der Waals surface area contributed by atoms with Crippen LogP contribution in [-0.2, 0) is 0 Å². The van der Waals surface area contributed by atoms with E-state index in [0.29, 0.717) is 0 Å². The van der Waals surface area contributed by atoms with Crippen molar-refractivity contribution in [2.24, 2.45) is 5.41 Å². The molecule has 0 aliphatic rings. The van der Waals surface area contributed by atoms with E-state index in [-0.39, 0.29) is 5.41 Å². The first-order valence-corrected chi connectivity index (χ1v) is 4.54. The maximum Gasteiger partial charge on any atom is -0.0200 e. The lowest BCUT2D eigenvalue weighted by Crippen LogP contribution is -1.97. The molecule has 0 radical (unpaired) electrons. The Morgan fingerprint density at radius 3 is 2.08 bits per heavy atom. The minimum atomic E-state index is 0.234. The van der Waals surface area contributed by atoms with Gasteiger partial charge in [-0.05, 0) is 17.9 Å². The third-order valence-corrected chi connectivity index (χ3v) is 1.58. The van der Waals surface area contributed by atoms with Gasteiger partial charge in [0.1, 0.15) is 0 Å². The fraction of sp³-hybridized carbons (Fsp3) is 0.385. The zero-order valence-electron chi connectivity index (χ0n) is 9.22. The second-order valence-corrected chi connectivity index (χ2v) is 4.33. The van der Waals surface area contributed by atoms with E-state index in [2.05, 4.69) is 46.1 Å². The first kappa shape index (κ1) is 12.0. The van der Waals surface area contributed by atoms with Gasteiger partial charge in [-0.2, -0.15) is 0 Å². The largest absolute Gasteiger partial charge is 0.0985 e. The Morgan fingerprint density at radius 2 is 1.77 bits per heavy atom. The number of hydrogen-bond donors (Lipinski definition) is 0. The average molecular weight is 176 g/mol. The van der Waals surface area contributed by atoms with Crippen molar-refractivity contribution < 1.29 is 0 Å². The van der Waals surface area contributed by atoms with Gasteiger partial charge in [-0.3, -0.25) is 0 Å². The highest BCUT2D eigenvalue weighted by atomic mass is 14.1. The molecule has 0 saturated carbocycles. The van der Waals surface area contributed by atoms with Gasteiger partial charge in [0.25, 0.3) is 0 Å². The van der Waals surface area contributed by atoms with Gasteiger partial charge >= 0.3 is 0 Å². The molecular weight excluding hydrogens is 156 g/mol. The lowest BCUT2D eigenvalue weighted by molar-refractivity contribution is 0.544. The van der Waals surface area contributed by atoms with Gasteiger partial charge in [0.05, 0.1) is 0 Å². The Labute approximate surface area is 82.4 Å². The molecule has 0 aromatic heterocycles. The standard InChI is InChI=1S/C13H20/c1-7-12(11(2)3)9-8-10-13(4,5)6/h7-10H,1-2H2,3-6H3/b10-8+,12-9+. The molecule has 0 bridgehead atoms. The Kier molecular flexibility index (Phi) is 4.47. The van der Waals surface area contributed by atoms with E-state index < -0.39 is 0 Å². The van der Waals surface area contributed by atoms with E-state index in [1.165, 1.54) is 0 Å². The summed E-state index contributed by atoms with van der Waals surface area (Å²) in [6.45, 7) is 16.1. The van der Waals surface area contributed by atoms with Crippen LogP contribution in [0.1, 0.15) is 27.7 Å². The first-order chi connectivity index (χ1) is 5.87. The maximum absolute atomic E-state index is 3.87. The van der Waals surface area contributed by atoms with Crippen molar-refractivity contribution in [1.82, 2.24) is 0 Å². The summed E-state index contributed by atoms with van der Waals surface area (Å²) in [5.41, 5.74) is 2.38. The van der Waals surface area contributed by atoms with Crippen LogP contribution in [0.4, 0.5) is 0 Å². The van der Waals surface area contributed by atoms with Crippen molar-refractivity contribution in [2.75, 3.05) is 0 Å². The zero-order chi connectivity index (χ0) is 10.5. The normalized spacial score (nSPS) is 13.4. The summed E-state index contributed by atoms with van der Waals surface area (Å²) in [4.78, 5) is 0. The van der Waals surface area contributed by atoms with Crippen LogP contribution in [0.3, 0.4) is 0 Å². The lowest BCUT2D eigenvalue weighted by Gasteiger charge is -2.10. The lowest BCUT2D eigenvalue weighted by atomic mass is 9.96. The Balaban J connectivity index is 4.49. The summed E-state index contributed by atoms with van der Waals surface area (Å²) in [5, 5.41) is 0. The third-order valence-electron chi connectivity index (χ3n) is 1.58. The highest BCUT2D eigenvalue weighted by Gasteiger charge is 2.02. The smallest absolute Gasteiger partial charge is 0.0200 e. The van der Waals surface area contributed by atoms with Gasteiger partial charge in [-0.25, -0.2) is 0 Å². The molecule has 0 aromatic carbocycles. The molecule has 0 amide bonds. The van der Waals surface area contributed by atoms with E-state index >= 15 is 0 Å². The quantitative estimate of drug-likeness (QED) is 0.563. The van der Waals surface area contributed by atoms with Crippen LogP contribution in [0.25, 0.3) is 0 Å². The van der Waals surface area contributed by atoms with Crippen LogP contribution in [0.2, 0.25) is 0 Å². The van der Waals surface area contributed by atoms with E-state index in [4.69, 9.17) is 0 Å². The van der Waals surface area contributed by atoms with Gasteiger partial charge in [0.15, 0.2) is 0 Å². The molecule has 0 heterocycles. The molecule has 0 aliphatic heterocycles. The second kappa shape index (κ2) is 4.86. The van der Waals surface area contributed by atoms with Crippen LogP contribution < -0.4 is 0 Å². The van der Waals surface area contributed by atoms with Crippen LogP contribution in [0.5, 0.6) is 0 Å². The fourth-order valence-electron chi connectivity index (χ4n) is 0.825. The summed E-state index contributed by atoms with van der Waals surface area (Å²) in [7, 11) is 0. The summed E-state index contributed by atoms with van der Waals surface area (Å²) >= 11 is 0. The minimum absolute atomic E-state index is 0.234. The molecule has 0 unspecified atom stereocenters. The van der Waals surface area contributed by atoms with Gasteiger partial charge < -0.3 is 0 Å². The molecule has 72 valence electrons. The van der Waals surface area contributed by atoms with Crippen LogP contribution in [0.15, 0.2) is 48.6 Å². The molecule has 0 aromatic rings. The molecular formula is C13H20. The Hall–Kier alpha value is -1.04. The van der Waals surface area contributed by atoms with Gasteiger partial charge in [-0.15, -0.1) is 0 Å². The fourth-order valence-corrected chi connectivity index (χ4v) is 0.825. The van der Waals surface area contributed by atoms with Gasteiger partial charge in [0, 0.05) is 0 Å². The van der Waals surface area contributed by atoms with Gasteiger partial charge in [-0.1, -0.05) is 63.8 Å². The summed E-state index contributed by atoms with van der Waals surface area (Å²) < 4.78 is 0. The van der Waals surface area contributed by atoms with E-state index in [0.717, 1.165) is 11.1 Å². The maximum atomic E-state index is 3.87. The van der Waals surface area contributed by atoms with E-state index in [1.54, 1.807) is 0 Å². The molecule has 0 heteroatoms. The van der Waals surface area contributed by atoms with Crippen LogP contribution in [-0.4, -0.2) is 0 Å². The van der Waals surface area contributed by atoms with Crippen molar-refractivity contribution in [3.05, 3.63) is 48.6 Å². The summed E-state index contributed by atoms with van der Waals surface area (Å²) in [6, 6.07) is 0. The molecule has 0 atom stereocenters. The van der Waals surface area contributed by atoms with Crippen LogP contribution in [0, 0.1) is 5.41 Å².